The fraction of sp³-hybridized carbons (Fsp3) is 0.500. The fourth-order valence-corrected chi connectivity index (χ4v) is 8.48. The number of rotatable bonds is 12. The van der Waals surface area contributed by atoms with Crippen LogP contribution in [0.25, 0.3) is 22.2 Å². The van der Waals surface area contributed by atoms with Gasteiger partial charge in [0.1, 0.15) is 35.3 Å². The third kappa shape index (κ3) is 10.0. The van der Waals surface area contributed by atoms with Crippen LogP contribution in [0.5, 0.6) is 11.5 Å². The van der Waals surface area contributed by atoms with E-state index >= 15 is 0 Å². The largest absolute Gasteiger partial charge is 0.497 e. The summed E-state index contributed by atoms with van der Waals surface area (Å²) in [4.78, 5) is 63.7. The smallest absolute Gasteiger partial charge is 0.408 e. The lowest BCUT2D eigenvalue weighted by Gasteiger charge is -2.36. The molecule has 306 valence electrons. The third-order valence-corrected chi connectivity index (χ3v) is 11.6. The Kier molecular flexibility index (Phi) is 11.6. The van der Waals surface area contributed by atoms with Crippen LogP contribution in [0.1, 0.15) is 67.2 Å². The van der Waals surface area contributed by atoms with Crippen molar-refractivity contribution in [2.24, 2.45) is 17.3 Å². The molecule has 0 spiro atoms. The van der Waals surface area contributed by atoms with Gasteiger partial charge in [-0.25, -0.2) is 27.7 Å². The second-order valence-corrected chi connectivity index (χ2v) is 19.0. The van der Waals surface area contributed by atoms with Crippen molar-refractivity contribution in [1.29, 1.82) is 0 Å². The maximum atomic E-state index is 14.8. The summed E-state index contributed by atoms with van der Waals surface area (Å²) in [7, 11) is -2.48. The van der Waals surface area contributed by atoms with E-state index in [1.165, 1.54) is 4.90 Å². The zero-order valence-electron chi connectivity index (χ0n) is 33.6. The number of imide groups is 1. The number of nitrogens with zero attached hydrogens (tertiary/aromatic N) is 3. The van der Waals surface area contributed by atoms with Gasteiger partial charge in [-0.05, 0) is 69.4 Å². The lowest BCUT2D eigenvalue weighted by atomic mass is 9.85. The minimum absolute atomic E-state index is 0.0401. The number of nitrogens with one attached hydrogen (secondary N) is 2. The molecule has 6 rings (SSSR count). The highest BCUT2D eigenvalue weighted by Gasteiger charge is 2.53. The summed E-state index contributed by atoms with van der Waals surface area (Å²) in [6, 6.07) is 12.6. The number of amides is 5. The molecule has 1 saturated heterocycles. The first-order chi connectivity index (χ1) is 26.8. The minimum atomic E-state index is -4.05. The van der Waals surface area contributed by atoms with E-state index in [9.17, 15) is 27.6 Å². The van der Waals surface area contributed by atoms with Crippen LogP contribution in [-0.2, 0) is 24.3 Å². The summed E-state index contributed by atoms with van der Waals surface area (Å²) in [5.74, 6) is -0.831. The number of carbonyl (C=O) groups excluding carboxylic acids is 4. The van der Waals surface area contributed by atoms with Gasteiger partial charge >= 0.3 is 12.1 Å². The molecule has 15 heteroatoms. The van der Waals surface area contributed by atoms with Crippen molar-refractivity contribution in [3.8, 4) is 22.8 Å². The Morgan fingerprint density at radius 1 is 1.02 bits per heavy atom. The molecule has 5 amide bonds. The molecule has 0 bridgehead atoms. The number of aromatic nitrogens is 1. The van der Waals surface area contributed by atoms with Crippen molar-refractivity contribution in [2.75, 3.05) is 19.4 Å². The van der Waals surface area contributed by atoms with Gasteiger partial charge in [0, 0.05) is 35.5 Å². The number of alkyl carbamates (subject to hydrolysis) is 1. The van der Waals surface area contributed by atoms with Gasteiger partial charge in [0.2, 0.25) is 15.9 Å². The average Bonchev–Trinajstić information content (AvgIpc) is 4.06. The maximum Gasteiger partial charge on any atom is 0.408 e. The zero-order valence-corrected chi connectivity index (χ0v) is 34.4. The van der Waals surface area contributed by atoms with Gasteiger partial charge in [0.15, 0.2) is 0 Å². The Morgan fingerprint density at radius 3 is 2.32 bits per heavy atom. The van der Waals surface area contributed by atoms with E-state index < -0.39 is 69.2 Å². The van der Waals surface area contributed by atoms with Crippen molar-refractivity contribution in [3.63, 3.8) is 0 Å². The van der Waals surface area contributed by atoms with E-state index in [0.717, 1.165) is 23.3 Å². The van der Waals surface area contributed by atoms with Crippen molar-refractivity contribution >= 4 is 44.9 Å². The number of sulfonamides is 1. The van der Waals surface area contributed by atoms with Crippen molar-refractivity contribution in [1.82, 2.24) is 24.8 Å². The van der Waals surface area contributed by atoms with Crippen LogP contribution in [0.4, 0.5) is 9.59 Å². The number of methoxy groups -OCH3 is 1. The van der Waals surface area contributed by atoms with E-state index in [-0.39, 0.29) is 30.6 Å². The quantitative estimate of drug-likeness (QED) is 0.205. The molecule has 3 aliphatic rings. The molecule has 5 unspecified atom stereocenters. The molecule has 1 aliphatic heterocycles. The molecule has 14 nitrogen and oxygen atoms in total. The van der Waals surface area contributed by atoms with Crippen molar-refractivity contribution in [2.45, 2.75) is 97.1 Å². The topological polar surface area (TPSA) is 174 Å². The first kappa shape index (κ1) is 41.5. The Morgan fingerprint density at radius 2 is 1.72 bits per heavy atom. The Hall–Kier alpha value is -5.18. The number of fused-ring (bicyclic) bond motifs is 1. The SMILES string of the molecule is C=CC1CC1N(C(=O)NS(=O)(=O)CC1CC1)C(=O)C1CC(Oc2cc(-c3ccccc3)nc3cc(OC)ccc23)CN1C(=O)C(NC(=O)OC(C)(C)C)C(C)(C)C. The number of benzene rings is 2. The Labute approximate surface area is 334 Å². The molecule has 3 fully saturated rings. The highest BCUT2D eigenvalue weighted by atomic mass is 32.2. The predicted molar refractivity (Wildman–Crippen MR) is 215 cm³/mol. The van der Waals surface area contributed by atoms with E-state index in [1.54, 1.807) is 72.9 Å². The van der Waals surface area contributed by atoms with Crippen LogP contribution in [-0.4, -0.2) is 96.4 Å². The molecule has 2 aromatic carbocycles. The third-order valence-electron chi connectivity index (χ3n) is 10.2. The summed E-state index contributed by atoms with van der Waals surface area (Å²) >= 11 is 0. The van der Waals surface area contributed by atoms with Crippen LogP contribution in [0.15, 0.2) is 67.3 Å². The average molecular weight is 804 g/mol. The molecule has 2 saturated carbocycles. The van der Waals surface area contributed by atoms with Crippen molar-refractivity contribution in [3.05, 3.63) is 67.3 Å². The summed E-state index contributed by atoms with van der Waals surface area (Å²) in [6.07, 6.45) is 1.88. The monoisotopic (exact) mass is 803 g/mol. The number of hydrogen-bond donors (Lipinski definition) is 2. The lowest BCUT2D eigenvalue weighted by Crippen LogP contribution is -2.60. The maximum absolute atomic E-state index is 14.8. The van der Waals surface area contributed by atoms with Gasteiger partial charge in [0.25, 0.3) is 5.91 Å². The van der Waals surface area contributed by atoms with Gasteiger partial charge in [0.05, 0.1) is 30.6 Å². The molecule has 2 N–H and O–H groups in total. The number of hydrogen-bond acceptors (Lipinski definition) is 10. The molecule has 1 aromatic heterocycles. The fourth-order valence-electron chi connectivity index (χ4n) is 7.08. The van der Waals surface area contributed by atoms with E-state index in [1.807, 2.05) is 36.4 Å². The zero-order chi connectivity index (χ0) is 41.4. The number of carbonyl (C=O) groups is 4. The normalized spacial score (nSPS) is 21.3. The highest BCUT2D eigenvalue weighted by Crippen LogP contribution is 2.40. The molecule has 3 aromatic rings. The van der Waals surface area contributed by atoms with E-state index in [0.29, 0.717) is 34.5 Å². The molecule has 2 aliphatic carbocycles. The first-order valence-electron chi connectivity index (χ1n) is 19.3. The summed E-state index contributed by atoms with van der Waals surface area (Å²) in [5.41, 5.74) is 0.348. The Balaban J connectivity index is 1.38. The van der Waals surface area contributed by atoms with Gasteiger partial charge in [-0.3, -0.25) is 14.5 Å². The van der Waals surface area contributed by atoms with Crippen LogP contribution < -0.4 is 19.5 Å². The molecular weight excluding hydrogens is 751 g/mol. The van der Waals surface area contributed by atoms with Crippen LogP contribution in [0.2, 0.25) is 0 Å². The first-order valence-corrected chi connectivity index (χ1v) is 20.9. The van der Waals surface area contributed by atoms with E-state index in [2.05, 4.69) is 16.6 Å². The highest BCUT2D eigenvalue weighted by molar-refractivity contribution is 7.90. The van der Waals surface area contributed by atoms with Crippen LogP contribution in [0.3, 0.4) is 0 Å². The molecule has 5 atom stereocenters. The number of pyridine rings is 1. The second kappa shape index (κ2) is 16.0. The number of urea groups is 1. The number of likely N-dealkylation sites (tertiary alicyclic amines) is 1. The van der Waals surface area contributed by atoms with Gasteiger partial charge < -0.3 is 24.4 Å². The molecule has 2 heterocycles. The summed E-state index contributed by atoms with van der Waals surface area (Å²) < 4.78 is 45.8. The summed E-state index contributed by atoms with van der Waals surface area (Å²) in [5, 5.41) is 3.39. The van der Waals surface area contributed by atoms with Gasteiger partial charge in [-0.2, -0.15) is 0 Å². The van der Waals surface area contributed by atoms with Gasteiger partial charge in [-0.15, -0.1) is 6.58 Å². The second-order valence-electron chi connectivity index (χ2n) is 17.2. The molecule has 57 heavy (non-hydrogen) atoms. The van der Waals surface area contributed by atoms with Crippen LogP contribution in [0, 0.1) is 17.3 Å². The minimum Gasteiger partial charge on any atom is -0.497 e. The predicted octanol–water partition coefficient (Wildman–Crippen LogP) is 6.05. The van der Waals surface area contributed by atoms with Gasteiger partial charge in [-0.1, -0.05) is 57.2 Å². The molecule has 0 radical (unpaired) electrons. The van der Waals surface area contributed by atoms with Crippen molar-refractivity contribution < 1.29 is 41.8 Å². The standard InChI is InChI=1S/C42H53N5O9S/c1-9-26-19-33(26)47(39(50)45-57(52,53)24-25-15-16-25)37(48)34-21-29(23-46(34)38(49)36(41(2,3)4)44-40(51)56-42(5,6)7)55-35-22-31(27-13-11-10-12-14-27)43-32-20-28(54-8)17-18-30(32)35/h9-14,17-18,20,22,25-26,29,33-34,36H,1,15-16,19,21,23-24H2,2-8H3,(H,44,51)(H,45,50). The Bertz CT molecular complexity index is 2140. The molecular formula is C42H53N5O9S. The van der Waals surface area contributed by atoms with Crippen LogP contribution >= 0.6 is 0 Å². The van der Waals surface area contributed by atoms with E-state index in [4.69, 9.17) is 19.2 Å². The lowest BCUT2D eigenvalue weighted by molar-refractivity contribution is -0.145. The number of ether oxygens (including phenoxy) is 3. The summed E-state index contributed by atoms with van der Waals surface area (Å²) in [6.45, 7) is 14.2.